The van der Waals surface area contributed by atoms with Gasteiger partial charge in [0.15, 0.2) is 0 Å². The fourth-order valence-electron chi connectivity index (χ4n) is 1.74. The zero-order valence-electron chi connectivity index (χ0n) is 10.6. The Morgan fingerprint density at radius 1 is 1.11 bits per heavy atom. The van der Waals surface area contributed by atoms with Crippen LogP contribution >= 0.6 is 0 Å². The molecule has 0 aliphatic heterocycles. The molecule has 2 rings (SSSR count). The van der Waals surface area contributed by atoms with Gasteiger partial charge < -0.3 is 10.4 Å². The number of aryl methyl sites for hydroxylation is 2. The third-order valence-electron chi connectivity index (χ3n) is 2.79. The van der Waals surface area contributed by atoms with Crippen molar-refractivity contribution in [2.75, 3.05) is 0 Å². The Hall–Kier alpha value is -1.94. The fourth-order valence-corrected chi connectivity index (χ4v) is 1.74. The molecule has 0 aliphatic rings. The molecule has 0 atom stereocenters. The first kappa shape index (κ1) is 12.5. The van der Waals surface area contributed by atoms with Gasteiger partial charge >= 0.3 is 0 Å². The van der Waals surface area contributed by atoms with E-state index >= 15 is 0 Å². The van der Waals surface area contributed by atoms with E-state index in [4.69, 9.17) is 0 Å². The molecule has 0 saturated heterocycles. The average Bonchev–Trinajstić information content (AvgIpc) is 2.36. The molecular formula is C14H17N3O. The van der Waals surface area contributed by atoms with Crippen molar-refractivity contribution in [2.45, 2.75) is 26.9 Å². The van der Waals surface area contributed by atoms with Gasteiger partial charge in [-0.2, -0.15) is 0 Å². The van der Waals surface area contributed by atoms with Crippen molar-refractivity contribution in [1.82, 2.24) is 15.3 Å². The minimum absolute atomic E-state index is 0.228. The number of aromatic hydroxyl groups is 1. The number of aromatic nitrogens is 2. The van der Waals surface area contributed by atoms with Gasteiger partial charge in [-0.25, -0.2) is 0 Å². The molecule has 0 spiro atoms. The second-order valence-electron chi connectivity index (χ2n) is 4.29. The molecule has 4 heteroatoms. The molecule has 2 aromatic rings. The second kappa shape index (κ2) is 5.60. The molecule has 2 N–H and O–H groups in total. The van der Waals surface area contributed by atoms with E-state index in [-0.39, 0.29) is 5.75 Å². The summed E-state index contributed by atoms with van der Waals surface area (Å²) in [6.45, 7) is 5.14. The van der Waals surface area contributed by atoms with Crippen molar-refractivity contribution in [3.63, 3.8) is 0 Å². The molecule has 0 saturated carbocycles. The molecule has 0 unspecified atom stereocenters. The first-order valence-electron chi connectivity index (χ1n) is 5.93. The van der Waals surface area contributed by atoms with Gasteiger partial charge in [0, 0.05) is 25.0 Å². The second-order valence-corrected chi connectivity index (χ2v) is 4.29. The van der Waals surface area contributed by atoms with Crippen LogP contribution in [0.25, 0.3) is 0 Å². The molecule has 2 heterocycles. The van der Waals surface area contributed by atoms with Crippen LogP contribution in [0, 0.1) is 13.8 Å². The van der Waals surface area contributed by atoms with Crippen LogP contribution in [-0.4, -0.2) is 15.1 Å². The number of nitrogens with one attached hydrogen (secondary N) is 1. The van der Waals surface area contributed by atoms with Gasteiger partial charge in [-0.15, -0.1) is 0 Å². The highest BCUT2D eigenvalue weighted by atomic mass is 16.3. The largest absolute Gasteiger partial charge is 0.506 e. The van der Waals surface area contributed by atoms with Crippen molar-refractivity contribution < 1.29 is 5.11 Å². The number of hydrogen-bond donors (Lipinski definition) is 2. The minimum atomic E-state index is 0.228. The van der Waals surface area contributed by atoms with Crippen molar-refractivity contribution in [1.29, 1.82) is 0 Å². The Balaban J connectivity index is 1.96. The zero-order chi connectivity index (χ0) is 13.0. The van der Waals surface area contributed by atoms with E-state index in [1.165, 1.54) is 0 Å². The van der Waals surface area contributed by atoms with Crippen LogP contribution < -0.4 is 5.32 Å². The van der Waals surface area contributed by atoms with Gasteiger partial charge in [-0.3, -0.25) is 9.97 Å². The lowest BCUT2D eigenvalue weighted by Crippen LogP contribution is -2.15. The van der Waals surface area contributed by atoms with E-state index in [1.54, 1.807) is 18.3 Å². The standard InChI is InChI=1S/C14H17N3O/c1-10-4-3-7-16-12(10)8-15-9-13-14(18)6-5-11(2)17-13/h3-7,15,18H,8-9H2,1-2H3. The Morgan fingerprint density at radius 3 is 2.67 bits per heavy atom. The van der Waals surface area contributed by atoms with E-state index in [9.17, 15) is 5.11 Å². The smallest absolute Gasteiger partial charge is 0.138 e. The quantitative estimate of drug-likeness (QED) is 0.863. The Kier molecular flexibility index (Phi) is 3.89. The van der Waals surface area contributed by atoms with Gasteiger partial charge in [0.2, 0.25) is 0 Å². The number of hydrogen-bond acceptors (Lipinski definition) is 4. The maximum Gasteiger partial charge on any atom is 0.138 e. The first-order valence-corrected chi connectivity index (χ1v) is 5.93. The predicted molar refractivity (Wildman–Crippen MR) is 70.2 cm³/mol. The van der Waals surface area contributed by atoms with E-state index < -0.39 is 0 Å². The third-order valence-corrected chi connectivity index (χ3v) is 2.79. The lowest BCUT2D eigenvalue weighted by Gasteiger charge is -2.08. The number of nitrogens with zero attached hydrogens (tertiary/aromatic N) is 2. The van der Waals surface area contributed by atoms with Crippen LogP contribution in [0.4, 0.5) is 0 Å². The molecule has 0 aliphatic carbocycles. The average molecular weight is 243 g/mol. The fraction of sp³-hybridized carbons (Fsp3) is 0.286. The molecule has 0 aromatic carbocycles. The lowest BCUT2D eigenvalue weighted by atomic mass is 10.2. The molecule has 94 valence electrons. The van der Waals surface area contributed by atoms with E-state index in [0.29, 0.717) is 18.8 Å². The molecule has 0 amide bonds. The summed E-state index contributed by atoms with van der Waals surface area (Å²) in [6.07, 6.45) is 1.78. The molecule has 0 radical (unpaired) electrons. The summed E-state index contributed by atoms with van der Waals surface area (Å²) < 4.78 is 0. The highest BCUT2D eigenvalue weighted by molar-refractivity contribution is 5.27. The van der Waals surface area contributed by atoms with Crippen LogP contribution in [0.2, 0.25) is 0 Å². The molecule has 0 fully saturated rings. The van der Waals surface area contributed by atoms with E-state index in [0.717, 1.165) is 17.0 Å². The third kappa shape index (κ3) is 3.05. The maximum absolute atomic E-state index is 9.67. The highest BCUT2D eigenvalue weighted by Gasteiger charge is 2.03. The summed E-state index contributed by atoms with van der Waals surface area (Å²) >= 11 is 0. The van der Waals surface area contributed by atoms with Crippen molar-refractivity contribution in [2.24, 2.45) is 0 Å². The molecule has 2 aromatic heterocycles. The monoisotopic (exact) mass is 243 g/mol. The molecular weight excluding hydrogens is 226 g/mol. The normalized spacial score (nSPS) is 10.6. The van der Waals surface area contributed by atoms with Gasteiger partial charge in [-0.1, -0.05) is 6.07 Å². The lowest BCUT2D eigenvalue weighted by molar-refractivity contribution is 0.458. The van der Waals surface area contributed by atoms with Gasteiger partial charge in [0.1, 0.15) is 5.75 Å². The first-order chi connectivity index (χ1) is 8.66. The van der Waals surface area contributed by atoms with Crippen LogP contribution in [-0.2, 0) is 13.1 Å². The van der Waals surface area contributed by atoms with Crippen LogP contribution in [0.1, 0.15) is 22.6 Å². The van der Waals surface area contributed by atoms with Crippen molar-refractivity contribution in [3.05, 3.63) is 53.1 Å². The van der Waals surface area contributed by atoms with Gasteiger partial charge in [0.05, 0.1) is 11.4 Å². The van der Waals surface area contributed by atoms with Gasteiger partial charge in [0.25, 0.3) is 0 Å². The topological polar surface area (TPSA) is 58.0 Å². The predicted octanol–water partition coefficient (Wildman–Crippen LogP) is 2.09. The van der Waals surface area contributed by atoms with Crippen LogP contribution in [0.15, 0.2) is 30.5 Å². The number of rotatable bonds is 4. The summed E-state index contributed by atoms with van der Waals surface area (Å²) in [5.41, 5.74) is 3.75. The summed E-state index contributed by atoms with van der Waals surface area (Å²) in [4.78, 5) is 8.60. The van der Waals surface area contributed by atoms with Crippen LogP contribution in [0.5, 0.6) is 5.75 Å². The van der Waals surface area contributed by atoms with Crippen LogP contribution in [0.3, 0.4) is 0 Å². The van der Waals surface area contributed by atoms with Crippen molar-refractivity contribution in [3.8, 4) is 5.75 Å². The maximum atomic E-state index is 9.67. The molecule has 0 bridgehead atoms. The Labute approximate surface area is 107 Å². The summed E-state index contributed by atoms with van der Waals surface area (Å²) in [5.74, 6) is 0.228. The van der Waals surface area contributed by atoms with E-state index in [1.807, 2.05) is 26.0 Å². The molecule has 4 nitrogen and oxygen atoms in total. The highest BCUT2D eigenvalue weighted by Crippen LogP contribution is 2.14. The van der Waals surface area contributed by atoms with Gasteiger partial charge in [-0.05, 0) is 37.6 Å². The Morgan fingerprint density at radius 2 is 1.89 bits per heavy atom. The van der Waals surface area contributed by atoms with E-state index in [2.05, 4.69) is 15.3 Å². The summed E-state index contributed by atoms with van der Waals surface area (Å²) in [5, 5.41) is 12.9. The number of pyridine rings is 2. The Bertz CT molecular complexity index is 540. The van der Waals surface area contributed by atoms with Crippen molar-refractivity contribution >= 4 is 0 Å². The zero-order valence-corrected chi connectivity index (χ0v) is 10.6. The summed E-state index contributed by atoms with van der Waals surface area (Å²) in [6, 6.07) is 7.42. The summed E-state index contributed by atoms with van der Waals surface area (Å²) in [7, 11) is 0. The molecule has 18 heavy (non-hydrogen) atoms. The minimum Gasteiger partial charge on any atom is -0.506 e. The SMILES string of the molecule is Cc1ccc(O)c(CNCc2ncccc2C)n1.